The first-order chi connectivity index (χ1) is 9.65. The summed E-state index contributed by atoms with van der Waals surface area (Å²) in [4.78, 5) is 12.2. The van der Waals surface area contributed by atoms with E-state index in [1.807, 2.05) is 42.0 Å². The molecule has 3 rings (SSSR count). The van der Waals surface area contributed by atoms with Crippen LogP contribution >= 0.6 is 0 Å². The third-order valence-corrected chi connectivity index (χ3v) is 3.47. The first-order valence-electron chi connectivity index (χ1n) is 6.48. The average Bonchev–Trinajstić information content (AvgIpc) is 2.77. The molecule has 0 aliphatic rings. The summed E-state index contributed by atoms with van der Waals surface area (Å²) < 4.78 is 14.8. The summed E-state index contributed by atoms with van der Waals surface area (Å²) in [6.45, 7) is 2.29. The van der Waals surface area contributed by atoms with Gasteiger partial charge in [0.05, 0.1) is 6.54 Å². The summed E-state index contributed by atoms with van der Waals surface area (Å²) in [5.41, 5.74) is 2.72. The third-order valence-electron chi connectivity index (χ3n) is 3.47. The molecule has 0 fully saturated rings. The second-order valence-electron chi connectivity index (χ2n) is 4.89. The van der Waals surface area contributed by atoms with Gasteiger partial charge < -0.3 is 4.57 Å². The molecule has 0 aliphatic heterocycles. The number of hydrogen-bond acceptors (Lipinski definition) is 1. The number of carbonyl (C=O) groups excluding carboxylic acids is 1. The van der Waals surface area contributed by atoms with E-state index in [0.29, 0.717) is 5.56 Å². The smallest absolute Gasteiger partial charge is 0.182 e. The topological polar surface area (TPSA) is 22.0 Å². The number of para-hydroxylation sites is 1. The Labute approximate surface area is 116 Å². The predicted molar refractivity (Wildman–Crippen MR) is 77.4 cm³/mol. The summed E-state index contributed by atoms with van der Waals surface area (Å²) in [7, 11) is 0. The molecule has 0 unspecified atom stereocenters. The Balaban J connectivity index is 1.93. The Morgan fingerprint density at radius 2 is 1.80 bits per heavy atom. The molecule has 0 saturated heterocycles. The fraction of sp³-hybridized carbons (Fsp3) is 0.118. The van der Waals surface area contributed by atoms with Gasteiger partial charge in [-0.3, -0.25) is 4.79 Å². The molecule has 2 nitrogen and oxygen atoms in total. The zero-order valence-corrected chi connectivity index (χ0v) is 11.1. The average molecular weight is 267 g/mol. The summed E-state index contributed by atoms with van der Waals surface area (Å²) >= 11 is 0. The second kappa shape index (κ2) is 4.93. The SMILES string of the molecule is Cc1cn(CC(=O)c2ccc(F)cc2)c2ccccc12. The minimum Gasteiger partial charge on any atom is -0.339 e. The molecular formula is C17H14FNO. The summed E-state index contributed by atoms with van der Waals surface area (Å²) in [6, 6.07) is 13.7. The lowest BCUT2D eigenvalue weighted by atomic mass is 10.1. The van der Waals surface area contributed by atoms with Gasteiger partial charge in [-0.1, -0.05) is 18.2 Å². The molecule has 3 heteroatoms. The molecule has 20 heavy (non-hydrogen) atoms. The van der Waals surface area contributed by atoms with E-state index >= 15 is 0 Å². The van der Waals surface area contributed by atoms with Gasteiger partial charge in [0, 0.05) is 22.7 Å². The quantitative estimate of drug-likeness (QED) is 0.658. The molecule has 0 atom stereocenters. The highest BCUT2D eigenvalue weighted by molar-refractivity contribution is 5.97. The van der Waals surface area contributed by atoms with E-state index in [1.165, 1.54) is 24.3 Å². The number of fused-ring (bicyclic) bond motifs is 1. The van der Waals surface area contributed by atoms with E-state index < -0.39 is 0 Å². The van der Waals surface area contributed by atoms with Crippen LogP contribution in [0.4, 0.5) is 4.39 Å². The number of aromatic nitrogens is 1. The minimum absolute atomic E-state index is 0.0225. The van der Waals surface area contributed by atoms with Crippen LogP contribution < -0.4 is 0 Å². The van der Waals surface area contributed by atoms with Crippen molar-refractivity contribution in [3.05, 3.63) is 71.7 Å². The molecule has 3 aromatic rings. The zero-order chi connectivity index (χ0) is 14.1. The molecular weight excluding hydrogens is 253 g/mol. The lowest BCUT2D eigenvalue weighted by Crippen LogP contribution is -2.09. The molecule has 100 valence electrons. The number of halogens is 1. The molecule has 1 aromatic heterocycles. The van der Waals surface area contributed by atoms with E-state index in [-0.39, 0.29) is 18.1 Å². The van der Waals surface area contributed by atoms with E-state index in [2.05, 4.69) is 0 Å². The van der Waals surface area contributed by atoms with Crippen LogP contribution in [0.15, 0.2) is 54.7 Å². The van der Waals surface area contributed by atoms with E-state index in [0.717, 1.165) is 16.5 Å². The number of nitrogens with zero attached hydrogens (tertiary/aromatic N) is 1. The first-order valence-corrected chi connectivity index (χ1v) is 6.48. The molecule has 1 heterocycles. The van der Waals surface area contributed by atoms with Gasteiger partial charge in [-0.15, -0.1) is 0 Å². The number of carbonyl (C=O) groups is 1. The van der Waals surface area contributed by atoms with Gasteiger partial charge in [0.15, 0.2) is 5.78 Å². The maximum absolute atomic E-state index is 12.9. The van der Waals surface area contributed by atoms with Crippen molar-refractivity contribution in [3.8, 4) is 0 Å². The van der Waals surface area contributed by atoms with Gasteiger partial charge in [0.25, 0.3) is 0 Å². The van der Waals surface area contributed by atoms with Crippen molar-refractivity contribution >= 4 is 16.7 Å². The van der Waals surface area contributed by atoms with Crippen molar-refractivity contribution in [2.24, 2.45) is 0 Å². The molecule has 0 radical (unpaired) electrons. The van der Waals surface area contributed by atoms with Crippen molar-refractivity contribution in [1.29, 1.82) is 0 Å². The van der Waals surface area contributed by atoms with Crippen molar-refractivity contribution < 1.29 is 9.18 Å². The van der Waals surface area contributed by atoms with Crippen LogP contribution in [0.3, 0.4) is 0 Å². The van der Waals surface area contributed by atoms with Crippen molar-refractivity contribution in [2.45, 2.75) is 13.5 Å². The molecule has 0 saturated carbocycles. The Kier molecular flexibility index (Phi) is 3.11. The predicted octanol–water partition coefficient (Wildman–Crippen LogP) is 3.97. The molecule has 0 N–H and O–H groups in total. The highest BCUT2D eigenvalue weighted by atomic mass is 19.1. The van der Waals surface area contributed by atoms with Crippen LogP contribution in [0.1, 0.15) is 15.9 Å². The Morgan fingerprint density at radius 3 is 2.55 bits per heavy atom. The van der Waals surface area contributed by atoms with Gasteiger partial charge >= 0.3 is 0 Å². The Bertz CT molecular complexity index is 771. The van der Waals surface area contributed by atoms with Gasteiger partial charge in [0.1, 0.15) is 5.82 Å². The van der Waals surface area contributed by atoms with E-state index in [9.17, 15) is 9.18 Å². The Morgan fingerprint density at radius 1 is 1.10 bits per heavy atom. The number of aryl methyl sites for hydroxylation is 1. The number of Topliss-reactive ketones (excluding diaryl/α,β-unsaturated/α-hetero) is 1. The monoisotopic (exact) mass is 267 g/mol. The number of rotatable bonds is 3. The van der Waals surface area contributed by atoms with E-state index in [1.54, 1.807) is 0 Å². The summed E-state index contributed by atoms with van der Waals surface area (Å²) in [5, 5.41) is 1.15. The fourth-order valence-electron chi connectivity index (χ4n) is 2.44. The van der Waals surface area contributed by atoms with Crippen LogP contribution in [0.2, 0.25) is 0 Å². The molecule has 0 aliphatic carbocycles. The van der Waals surface area contributed by atoms with Crippen LogP contribution in [-0.4, -0.2) is 10.4 Å². The van der Waals surface area contributed by atoms with Crippen molar-refractivity contribution in [1.82, 2.24) is 4.57 Å². The molecule has 2 aromatic carbocycles. The van der Waals surface area contributed by atoms with Crippen molar-refractivity contribution in [3.63, 3.8) is 0 Å². The van der Waals surface area contributed by atoms with Crippen LogP contribution in [0, 0.1) is 12.7 Å². The summed E-state index contributed by atoms with van der Waals surface area (Å²) in [6.07, 6.45) is 1.98. The standard InChI is InChI=1S/C17H14FNO/c1-12-10-19(16-5-3-2-4-15(12)16)11-17(20)13-6-8-14(18)9-7-13/h2-10H,11H2,1H3. The van der Waals surface area contributed by atoms with Crippen molar-refractivity contribution in [2.75, 3.05) is 0 Å². The van der Waals surface area contributed by atoms with E-state index in [4.69, 9.17) is 0 Å². The zero-order valence-electron chi connectivity index (χ0n) is 11.1. The number of benzene rings is 2. The van der Waals surface area contributed by atoms with Gasteiger partial charge in [0.2, 0.25) is 0 Å². The normalized spacial score (nSPS) is 10.9. The minimum atomic E-state index is -0.330. The van der Waals surface area contributed by atoms with Gasteiger partial charge in [-0.25, -0.2) is 4.39 Å². The van der Waals surface area contributed by atoms with Gasteiger partial charge in [-0.2, -0.15) is 0 Å². The van der Waals surface area contributed by atoms with Crippen LogP contribution in [0.5, 0.6) is 0 Å². The molecule has 0 bridgehead atoms. The van der Waals surface area contributed by atoms with Crippen LogP contribution in [0.25, 0.3) is 10.9 Å². The maximum Gasteiger partial charge on any atom is 0.182 e. The highest BCUT2D eigenvalue weighted by Crippen LogP contribution is 2.20. The lowest BCUT2D eigenvalue weighted by molar-refractivity contribution is 0.0973. The van der Waals surface area contributed by atoms with Gasteiger partial charge in [-0.05, 0) is 42.8 Å². The summed E-state index contributed by atoms with van der Waals surface area (Å²) in [5.74, 6) is -0.352. The molecule has 0 spiro atoms. The second-order valence-corrected chi connectivity index (χ2v) is 4.89. The fourth-order valence-corrected chi connectivity index (χ4v) is 2.44. The maximum atomic E-state index is 12.9. The molecule has 0 amide bonds. The highest BCUT2D eigenvalue weighted by Gasteiger charge is 2.10. The number of ketones is 1. The Hall–Kier alpha value is -2.42. The third kappa shape index (κ3) is 2.23. The number of hydrogen-bond donors (Lipinski definition) is 0. The lowest BCUT2D eigenvalue weighted by Gasteiger charge is -2.05. The van der Waals surface area contributed by atoms with Crippen LogP contribution in [-0.2, 0) is 6.54 Å². The first kappa shape index (κ1) is 12.6. The largest absolute Gasteiger partial charge is 0.339 e.